The fourth-order valence-corrected chi connectivity index (χ4v) is 8.36. The van der Waals surface area contributed by atoms with Crippen molar-refractivity contribution in [2.24, 2.45) is 24.3 Å². The zero-order chi connectivity index (χ0) is 27.8. The molecule has 1 aromatic carbocycles. The van der Waals surface area contributed by atoms with Crippen LogP contribution in [0.15, 0.2) is 83.0 Å². The minimum atomic E-state index is -3.65. The van der Waals surface area contributed by atoms with Crippen LogP contribution in [0.4, 0.5) is 0 Å². The molecule has 3 atom stereocenters. The number of carbonyl (C=O) groups is 1. The molecule has 39 heavy (non-hydrogen) atoms. The lowest BCUT2D eigenvalue weighted by atomic mass is 9.66. The topological polar surface area (TPSA) is 98.5 Å². The molecule has 1 N–H and O–H groups in total. The first-order chi connectivity index (χ1) is 18.6. The van der Waals surface area contributed by atoms with E-state index in [1.807, 2.05) is 36.4 Å². The van der Waals surface area contributed by atoms with Crippen LogP contribution < -0.4 is 0 Å². The molecule has 1 saturated carbocycles. The zero-order valence-electron chi connectivity index (χ0n) is 23.0. The van der Waals surface area contributed by atoms with Crippen LogP contribution in [0.25, 0.3) is 0 Å². The van der Waals surface area contributed by atoms with Gasteiger partial charge in [-0.15, -0.1) is 0 Å². The van der Waals surface area contributed by atoms with Crippen LogP contribution in [0.2, 0.25) is 0 Å². The van der Waals surface area contributed by atoms with Crippen molar-refractivity contribution in [2.45, 2.75) is 69.4 Å². The maximum atomic E-state index is 13.5. The van der Waals surface area contributed by atoms with Gasteiger partial charge in [0.15, 0.2) is 14.9 Å². The molecule has 1 aliphatic heterocycles. The number of sulfone groups is 1. The molecule has 2 aromatic rings. The molecular formula is C31H38N2O5S. The van der Waals surface area contributed by atoms with Crippen molar-refractivity contribution in [3.05, 3.63) is 83.6 Å². The highest BCUT2D eigenvalue weighted by Gasteiger charge is 2.54. The number of aliphatic hydroxyl groups is 1. The van der Waals surface area contributed by atoms with E-state index in [1.165, 1.54) is 6.33 Å². The van der Waals surface area contributed by atoms with Gasteiger partial charge in [0.1, 0.15) is 11.4 Å². The highest BCUT2D eigenvalue weighted by Crippen LogP contribution is 2.56. The Kier molecular flexibility index (Phi) is 7.35. The predicted molar refractivity (Wildman–Crippen MR) is 150 cm³/mol. The lowest BCUT2D eigenvalue weighted by Crippen LogP contribution is -2.49. The number of aliphatic hydroxyl groups excluding tert-OH is 1. The van der Waals surface area contributed by atoms with Crippen molar-refractivity contribution in [3.63, 3.8) is 0 Å². The quantitative estimate of drug-likeness (QED) is 0.384. The zero-order valence-corrected chi connectivity index (χ0v) is 23.8. The normalized spacial score (nSPS) is 27.4. The van der Waals surface area contributed by atoms with Crippen molar-refractivity contribution in [2.75, 3.05) is 5.75 Å². The first kappa shape index (κ1) is 27.4. The summed E-state index contributed by atoms with van der Waals surface area (Å²) in [6.07, 6.45) is 14.1. The van der Waals surface area contributed by atoms with Crippen molar-refractivity contribution in [1.29, 1.82) is 0 Å². The third kappa shape index (κ3) is 5.36. The first-order valence-corrected chi connectivity index (χ1v) is 15.5. The lowest BCUT2D eigenvalue weighted by molar-refractivity contribution is -0.166. The fourth-order valence-electron chi connectivity index (χ4n) is 6.54. The molecule has 7 nitrogen and oxygen atoms in total. The Balaban J connectivity index is 1.52. The minimum absolute atomic E-state index is 0.0454. The number of esters is 1. The summed E-state index contributed by atoms with van der Waals surface area (Å²) < 4.78 is 34.9. The molecule has 0 radical (unpaired) electrons. The van der Waals surface area contributed by atoms with E-state index in [9.17, 15) is 18.3 Å². The Morgan fingerprint density at radius 2 is 1.92 bits per heavy atom. The van der Waals surface area contributed by atoms with Crippen LogP contribution >= 0.6 is 0 Å². The van der Waals surface area contributed by atoms with Crippen LogP contribution in [-0.4, -0.2) is 40.4 Å². The summed E-state index contributed by atoms with van der Waals surface area (Å²) in [6, 6.07) is 10.1. The SMILES string of the molecule is CCCC1(CCc2ccccc2)OC(=O)C(C)=C(O)C1C1=CC=CC(CS(=O)(=O)c2cn(C)cn2)(C2CC2)C1. The van der Waals surface area contributed by atoms with Gasteiger partial charge in [-0.1, -0.05) is 67.5 Å². The van der Waals surface area contributed by atoms with E-state index in [0.717, 1.165) is 30.4 Å². The molecule has 3 aliphatic rings. The van der Waals surface area contributed by atoms with Gasteiger partial charge in [-0.3, -0.25) is 0 Å². The van der Waals surface area contributed by atoms with Gasteiger partial charge in [0.05, 0.1) is 23.6 Å². The van der Waals surface area contributed by atoms with Crippen molar-refractivity contribution in [3.8, 4) is 0 Å². The smallest absolute Gasteiger partial charge is 0.337 e. The Hall–Kier alpha value is -3.13. The van der Waals surface area contributed by atoms with Gasteiger partial charge >= 0.3 is 5.97 Å². The third-order valence-electron chi connectivity index (χ3n) is 8.63. The summed E-state index contributed by atoms with van der Waals surface area (Å²) in [5.74, 6) is -0.773. The van der Waals surface area contributed by atoms with Crippen LogP contribution in [0.1, 0.15) is 57.9 Å². The number of nitrogens with zero attached hydrogens (tertiary/aromatic N) is 2. The number of imidazole rings is 1. The van der Waals surface area contributed by atoms with E-state index in [-0.39, 0.29) is 28.0 Å². The molecule has 0 bridgehead atoms. The monoisotopic (exact) mass is 550 g/mol. The van der Waals surface area contributed by atoms with E-state index in [1.54, 1.807) is 24.7 Å². The van der Waals surface area contributed by atoms with Gasteiger partial charge in [-0.05, 0) is 56.9 Å². The van der Waals surface area contributed by atoms with Gasteiger partial charge in [-0.2, -0.15) is 0 Å². The number of allylic oxidation sites excluding steroid dienone is 3. The number of carbonyl (C=O) groups excluding carboxylic acids is 1. The van der Waals surface area contributed by atoms with Gasteiger partial charge in [0.25, 0.3) is 0 Å². The van der Waals surface area contributed by atoms with Gasteiger partial charge < -0.3 is 14.4 Å². The standard InChI is InChI=1S/C31H38N2O5S/c1-4-15-31(17-14-23-9-6-5-7-10-23)27(28(34)22(2)29(35)38-31)24-11-8-16-30(18-24,25-12-13-25)20-39(36,37)26-19-33(3)21-32-26/h5-11,16,19,21,25,27,34H,4,12-15,17-18,20H2,1-3H3. The molecule has 208 valence electrons. The predicted octanol–water partition coefficient (Wildman–Crippen LogP) is 5.65. The number of aryl methyl sites for hydroxylation is 2. The molecule has 2 aliphatic carbocycles. The summed E-state index contributed by atoms with van der Waals surface area (Å²) >= 11 is 0. The second-order valence-corrected chi connectivity index (χ2v) is 13.5. The van der Waals surface area contributed by atoms with Crippen LogP contribution in [0, 0.1) is 17.3 Å². The molecule has 5 rings (SSSR count). The van der Waals surface area contributed by atoms with Crippen LogP contribution in [0.3, 0.4) is 0 Å². The van der Waals surface area contributed by atoms with Crippen molar-refractivity contribution in [1.82, 2.24) is 9.55 Å². The summed E-state index contributed by atoms with van der Waals surface area (Å²) in [4.78, 5) is 17.1. The van der Waals surface area contributed by atoms with Crippen molar-refractivity contribution < 1.29 is 23.1 Å². The Bertz CT molecular complexity index is 1430. The average molecular weight is 551 g/mol. The highest BCUT2D eigenvalue weighted by atomic mass is 32.2. The van der Waals surface area contributed by atoms with E-state index in [2.05, 4.69) is 24.0 Å². The molecule has 2 heterocycles. The summed E-state index contributed by atoms with van der Waals surface area (Å²) in [7, 11) is -1.89. The fraction of sp³-hybridized carbons (Fsp3) is 0.484. The van der Waals surface area contributed by atoms with Gasteiger partial charge in [0, 0.05) is 18.7 Å². The molecule has 0 saturated heterocycles. The molecule has 8 heteroatoms. The number of benzene rings is 1. The molecule has 1 aromatic heterocycles. The maximum absolute atomic E-state index is 13.5. The largest absolute Gasteiger partial charge is 0.511 e. The number of hydrogen-bond acceptors (Lipinski definition) is 6. The molecule has 0 amide bonds. The average Bonchev–Trinajstić information content (AvgIpc) is 3.68. The van der Waals surface area contributed by atoms with E-state index < -0.39 is 32.7 Å². The summed E-state index contributed by atoms with van der Waals surface area (Å²) in [6.45, 7) is 3.66. The Morgan fingerprint density at radius 1 is 1.18 bits per heavy atom. The number of hydrogen-bond donors (Lipinski definition) is 1. The van der Waals surface area contributed by atoms with Crippen LogP contribution in [-0.2, 0) is 32.8 Å². The molecule has 3 unspecified atom stereocenters. The van der Waals surface area contributed by atoms with Gasteiger partial charge in [0.2, 0.25) is 0 Å². The second kappa shape index (κ2) is 10.5. The number of cyclic esters (lactones) is 1. The molecule has 1 fully saturated rings. The Morgan fingerprint density at radius 3 is 2.56 bits per heavy atom. The second-order valence-electron chi connectivity index (χ2n) is 11.6. The first-order valence-electron chi connectivity index (χ1n) is 13.9. The summed E-state index contributed by atoms with van der Waals surface area (Å²) in [5.41, 5.74) is 0.761. The Labute approximate surface area is 231 Å². The minimum Gasteiger partial charge on any atom is -0.511 e. The maximum Gasteiger partial charge on any atom is 0.337 e. The van der Waals surface area contributed by atoms with E-state index in [0.29, 0.717) is 25.7 Å². The third-order valence-corrected chi connectivity index (χ3v) is 10.4. The van der Waals surface area contributed by atoms with Crippen molar-refractivity contribution >= 4 is 15.8 Å². The summed E-state index contributed by atoms with van der Waals surface area (Å²) in [5, 5.41) is 11.6. The van der Waals surface area contributed by atoms with Crippen LogP contribution in [0.5, 0.6) is 0 Å². The molecule has 0 spiro atoms. The number of rotatable bonds is 10. The molecular weight excluding hydrogens is 512 g/mol. The number of aromatic nitrogens is 2. The number of ether oxygens (including phenoxy) is 1. The van der Waals surface area contributed by atoms with E-state index >= 15 is 0 Å². The van der Waals surface area contributed by atoms with Gasteiger partial charge in [-0.25, -0.2) is 18.2 Å². The lowest BCUT2D eigenvalue weighted by Gasteiger charge is -2.46. The highest BCUT2D eigenvalue weighted by molar-refractivity contribution is 7.91. The van der Waals surface area contributed by atoms with E-state index in [4.69, 9.17) is 4.74 Å².